The Kier molecular flexibility index (Phi) is 3.26. The van der Waals surface area contributed by atoms with E-state index in [-0.39, 0.29) is 6.61 Å². The molecule has 1 atom stereocenters. The monoisotopic (exact) mass is 134 g/mol. The number of nitro groups is 1. The zero-order valence-corrected chi connectivity index (χ0v) is 4.81. The molecule has 0 saturated heterocycles. The predicted octanol–water partition coefficient (Wildman–Crippen LogP) is 0.350. The predicted molar refractivity (Wildman–Crippen MR) is 28.2 cm³/mol. The molecule has 0 aromatic heterocycles. The molecule has 0 bridgehead atoms. The van der Waals surface area contributed by atoms with Gasteiger partial charge in [-0.1, -0.05) is 0 Å². The van der Waals surface area contributed by atoms with Crippen molar-refractivity contribution in [2.24, 2.45) is 5.34 Å². The van der Waals surface area contributed by atoms with Gasteiger partial charge >= 0.3 is 0 Å². The average molecular weight is 134 g/mol. The van der Waals surface area contributed by atoms with Crippen LogP contribution >= 0.6 is 0 Å². The highest BCUT2D eigenvalue weighted by Crippen LogP contribution is 1.88. The van der Waals surface area contributed by atoms with Crippen LogP contribution in [0.1, 0.15) is 6.92 Å². The molecule has 0 radical (unpaired) electrons. The van der Waals surface area contributed by atoms with E-state index >= 15 is 0 Å². The maximum absolute atomic E-state index is 9.79. The van der Waals surface area contributed by atoms with Gasteiger partial charge in [0.05, 0.1) is 0 Å². The van der Waals surface area contributed by atoms with Gasteiger partial charge in [-0.25, -0.2) is 0 Å². The molecule has 6 nitrogen and oxygen atoms in total. The lowest BCUT2D eigenvalue weighted by atomic mass is 10.4. The Balaban J connectivity index is 3.37. The van der Waals surface area contributed by atoms with E-state index in [2.05, 4.69) is 4.84 Å². The summed E-state index contributed by atoms with van der Waals surface area (Å²) in [6.45, 7) is 1.06. The highest BCUT2D eigenvalue weighted by atomic mass is 16.7. The molecular weight excluding hydrogens is 128 g/mol. The van der Waals surface area contributed by atoms with Crippen molar-refractivity contribution in [1.29, 1.82) is 0 Å². The van der Waals surface area contributed by atoms with Crippen molar-refractivity contribution >= 4 is 0 Å². The van der Waals surface area contributed by atoms with Gasteiger partial charge in [0, 0.05) is 11.8 Å². The first-order valence-corrected chi connectivity index (χ1v) is 2.26. The van der Waals surface area contributed by atoms with Gasteiger partial charge in [0.1, 0.15) is 0 Å². The van der Waals surface area contributed by atoms with Crippen LogP contribution in [0.25, 0.3) is 0 Å². The molecule has 6 heteroatoms. The third-order valence-corrected chi connectivity index (χ3v) is 0.728. The number of hydrogen-bond donors (Lipinski definition) is 0. The minimum absolute atomic E-state index is 0.267. The van der Waals surface area contributed by atoms with Crippen molar-refractivity contribution in [2.75, 3.05) is 6.61 Å². The Bertz CT molecular complexity index is 114. The summed E-state index contributed by atoms with van der Waals surface area (Å²) >= 11 is 0. The van der Waals surface area contributed by atoms with E-state index in [0.717, 1.165) is 0 Å². The molecule has 0 fully saturated rings. The third-order valence-electron chi connectivity index (χ3n) is 0.728. The summed E-state index contributed by atoms with van der Waals surface area (Å²) in [6.07, 6.45) is 0. The van der Waals surface area contributed by atoms with Crippen LogP contribution < -0.4 is 0 Å². The normalized spacial score (nSPS) is 12.1. The van der Waals surface area contributed by atoms with Gasteiger partial charge in [-0.3, -0.25) is 10.1 Å². The molecule has 1 unspecified atom stereocenters. The van der Waals surface area contributed by atoms with E-state index in [9.17, 15) is 15.0 Å². The molecule has 0 heterocycles. The number of rotatable bonds is 4. The molecule has 0 aliphatic heterocycles. The van der Waals surface area contributed by atoms with Crippen LogP contribution in [-0.4, -0.2) is 17.6 Å². The molecule has 0 aliphatic carbocycles. The maximum atomic E-state index is 9.79. The molecule has 0 rings (SSSR count). The molecule has 9 heavy (non-hydrogen) atoms. The molecule has 0 saturated carbocycles. The summed E-state index contributed by atoms with van der Waals surface area (Å²) < 4.78 is 0. The van der Waals surface area contributed by atoms with Crippen LogP contribution in [0.15, 0.2) is 5.34 Å². The van der Waals surface area contributed by atoms with Crippen molar-refractivity contribution in [3.63, 3.8) is 0 Å². The Morgan fingerprint density at radius 1 is 1.89 bits per heavy atom. The van der Waals surface area contributed by atoms with Crippen LogP contribution in [0.2, 0.25) is 0 Å². The van der Waals surface area contributed by atoms with Crippen molar-refractivity contribution in [3.05, 3.63) is 15.0 Å². The zero-order chi connectivity index (χ0) is 7.28. The van der Waals surface area contributed by atoms with Crippen LogP contribution in [-0.2, 0) is 4.84 Å². The Morgan fingerprint density at radius 2 is 2.44 bits per heavy atom. The Hall–Kier alpha value is -1.20. The van der Waals surface area contributed by atoms with Gasteiger partial charge in [0.2, 0.25) is 6.04 Å². The van der Waals surface area contributed by atoms with E-state index in [1.807, 2.05) is 5.34 Å². The lowest BCUT2D eigenvalue weighted by molar-refractivity contribution is -0.522. The van der Waals surface area contributed by atoms with Crippen molar-refractivity contribution in [1.82, 2.24) is 0 Å². The largest absolute Gasteiger partial charge is 0.357 e. The first kappa shape index (κ1) is 7.80. The Labute approximate surface area is 50.9 Å². The second kappa shape index (κ2) is 3.76. The lowest BCUT2D eigenvalue weighted by Crippen LogP contribution is -2.19. The van der Waals surface area contributed by atoms with Crippen molar-refractivity contribution in [2.45, 2.75) is 13.0 Å². The number of nitrogens with zero attached hydrogens (tertiary/aromatic N) is 2. The van der Waals surface area contributed by atoms with E-state index in [0.29, 0.717) is 0 Å². The van der Waals surface area contributed by atoms with Gasteiger partial charge < -0.3 is 4.84 Å². The fourth-order valence-electron chi connectivity index (χ4n) is 0.199. The standard InChI is InChI=1S/C3H6N2O4/c1-3(5(7)8)2-9-4-6/h3H,2H2,1H3. The number of hydrogen-bond acceptors (Lipinski definition) is 5. The van der Waals surface area contributed by atoms with Gasteiger partial charge in [-0.15, -0.1) is 4.91 Å². The van der Waals surface area contributed by atoms with Gasteiger partial charge in [0.15, 0.2) is 11.9 Å². The molecule has 0 aromatic rings. The molecule has 0 aromatic carbocycles. The smallest absolute Gasteiger partial charge is 0.246 e. The highest BCUT2D eigenvalue weighted by Gasteiger charge is 2.12. The first-order valence-electron chi connectivity index (χ1n) is 2.26. The maximum Gasteiger partial charge on any atom is 0.246 e. The van der Waals surface area contributed by atoms with Crippen molar-refractivity contribution in [3.8, 4) is 0 Å². The third kappa shape index (κ3) is 3.39. The molecule has 0 aliphatic rings. The fraction of sp³-hybridized carbons (Fsp3) is 1.00. The minimum atomic E-state index is -0.873. The summed E-state index contributed by atoms with van der Waals surface area (Å²) in [4.78, 5) is 22.4. The summed E-state index contributed by atoms with van der Waals surface area (Å²) in [5.74, 6) is 0. The molecule has 0 N–H and O–H groups in total. The van der Waals surface area contributed by atoms with Gasteiger partial charge in [0.25, 0.3) is 0 Å². The first-order chi connectivity index (χ1) is 4.18. The summed E-state index contributed by atoms with van der Waals surface area (Å²) in [6, 6.07) is -0.873. The fourth-order valence-corrected chi connectivity index (χ4v) is 0.199. The molecule has 0 amide bonds. The topological polar surface area (TPSA) is 81.8 Å². The second-order valence-electron chi connectivity index (χ2n) is 1.50. The van der Waals surface area contributed by atoms with E-state index in [1.165, 1.54) is 6.92 Å². The summed E-state index contributed by atoms with van der Waals surface area (Å²) in [5.41, 5.74) is 0. The van der Waals surface area contributed by atoms with E-state index < -0.39 is 11.0 Å². The van der Waals surface area contributed by atoms with Crippen LogP contribution in [0.4, 0.5) is 0 Å². The SMILES string of the molecule is CC(CON=O)[N+](=O)[O-]. The van der Waals surface area contributed by atoms with Gasteiger partial charge in [-0.2, -0.15) is 0 Å². The quantitative estimate of drug-likeness (QED) is 0.315. The van der Waals surface area contributed by atoms with Crippen molar-refractivity contribution < 1.29 is 9.76 Å². The van der Waals surface area contributed by atoms with Crippen LogP contribution in [0.3, 0.4) is 0 Å². The van der Waals surface area contributed by atoms with Crippen LogP contribution in [0, 0.1) is 15.0 Å². The summed E-state index contributed by atoms with van der Waals surface area (Å²) in [5, 5.41) is 11.8. The zero-order valence-electron chi connectivity index (χ0n) is 4.81. The highest BCUT2D eigenvalue weighted by molar-refractivity contribution is 4.41. The van der Waals surface area contributed by atoms with E-state index in [1.54, 1.807) is 0 Å². The molecular formula is C3H6N2O4. The summed E-state index contributed by atoms with van der Waals surface area (Å²) in [7, 11) is 0. The Morgan fingerprint density at radius 3 is 2.78 bits per heavy atom. The van der Waals surface area contributed by atoms with E-state index in [4.69, 9.17) is 0 Å². The average Bonchev–Trinajstić information content (AvgIpc) is 1.82. The minimum Gasteiger partial charge on any atom is -0.357 e. The molecule has 52 valence electrons. The lowest BCUT2D eigenvalue weighted by Gasteiger charge is -1.97. The molecule has 0 spiro atoms. The second-order valence-corrected chi connectivity index (χ2v) is 1.50. The van der Waals surface area contributed by atoms with Gasteiger partial charge in [-0.05, 0) is 0 Å². The van der Waals surface area contributed by atoms with Crippen LogP contribution in [0.5, 0.6) is 0 Å².